The molecule has 0 bridgehead atoms. The summed E-state index contributed by atoms with van der Waals surface area (Å²) in [5.41, 5.74) is 1.25. The van der Waals surface area contributed by atoms with Crippen LogP contribution in [0.1, 0.15) is 12.0 Å². The van der Waals surface area contributed by atoms with Gasteiger partial charge >= 0.3 is 6.03 Å². The Morgan fingerprint density at radius 2 is 2.05 bits per heavy atom. The van der Waals surface area contributed by atoms with Gasteiger partial charge in [0.05, 0.1) is 6.61 Å². The molecule has 1 fully saturated rings. The average molecular weight is 303 g/mol. The van der Waals surface area contributed by atoms with E-state index in [0.717, 1.165) is 57.9 Å². The maximum atomic E-state index is 12.2. The molecule has 2 aliphatic heterocycles. The van der Waals surface area contributed by atoms with Crippen LogP contribution >= 0.6 is 0 Å². The molecule has 0 aliphatic carbocycles. The van der Waals surface area contributed by atoms with Crippen molar-refractivity contribution < 1.29 is 9.53 Å². The minimum Gasteiger partial charge on any atom is -0.493 e. The highest BCUT2D eigenvalue weighted by Gasteiger charge is 2.21. The van der Waals surface area contributed by atoms with Crippen LogP contribution in [-0.4, -0.2) is 62.2 Å². The van der Waals surface area contributed by atoms with Gasteiger partial charge in [-0.25, -0.2) is 4.79 Å². The predicted octanol–water partition coefficient (Wildman–Crippen LogP) is 1.58. The van der Waals surface area contributed by atoms with Gasteiger partial charge in [-0.05, 0) is 37.4 Å². The van der Waals surface area contributed by atoms with E-state index in [0.29, 0.717) is 5.92 Å². The second kappa shape index (κ2) is 7.01. The Labute approximate surface area is 132 Å². The highest BCUT2D eigenvalue weighted by atomic mass is 16.5. The summed E-state index contributed by atoms with van der Waals surface area (Å²) in [4.78, 5) is 16.4. The first-order valence-corrected chi connectivity index (χ1v) is 8.14. The molecule has 2 aliphatic rings. The van der Waals surface area contributed by atoms with Gasteiger partial charge in [-0.1, -0.05) is 18.2 Å². The van der Waals surface area contributed by atoms with E-state index in [4.69, 9.17) is 4.74 Å². The molecule has 1 aromatic carbocycles. The molecule has 1 N–H and O–H groups in total. The number of carbonyl (C=O) groups is 1. The lowest BCUT2D eigenvalue weighted by molar-refractivity contribution is 0.153. The number of nitrogens with one attached hydrogen (secondary N) is 1. The fourth-order valence-corrected chi connectivity index (χ4v) is 3.09. The van der Waals surface area contributed by atoms with Gasteiger partial charge in [-0.15, -0.1) is 0 Å². The minimum atomic E-state index is 0.0755. The summed E-state index contributed by atoms with van der Waals surface area (Å²) in [7, 11) is 2.10. The van der Waals surface area contributed by atoms with Crippen molar-refractivity contribution >= 4 is 6.03 Å². The van der Waals surface area contributed by atoms with Crippen molar-refractivity contribution in [3.05, 3.63) is 29.8 Å². The third-order valence-electron chi connectivity index (χ3n) is 4.60. The van der Waals surface area contributed by atoms with Gasteiger partial charge in [0.1, 0.15) is 5.75 Å². The van der Waals surface area contributed by atoms with Gasteiger partial charge in [0.2, 0.25) is 0 Å². The van der Waals surface area contributed by atoms with Crippen LogP contribution in [0.15, 0.2) is 24.3 Å². The lowest BCUT2D eigenvalue weighted by Crippen LogP contribution is -2.51. The lowest BCUT2D eigenvalue weighted by atomic mass is 9.97. The molecule has 5 heteroatoms. The Hall–Kier alpha value is -1.75. The number of benzene rings is 1. The molecule has 2 heterocycles. The van der Waals surface area contributed by atoms with Crippen LogP contribution in [0.3, 0.4) is 0 Å². The van der Waals surface area contributed by atoms with Crippen molar-refractivity contribution in [2.75, 3.05) is 46.4 Å². The van der Waals surface area contributed by atoms with Gasteiger partial charge in [-0.2, -0.15) is 0 Å². The zero-order chi connectivity index (χ0) is 15.4. The van der Waals surface area contributed by atoms with Crippen LogP contribution in [-0.2, 0) is 6.42 Å². The molecular weight excluding hydrogens is 278 g/mol. The third-order valence-corrected chi connectivity index (χ3v) is 4.60. The molecule has 1 atom stereocenters. The summed E-state index contributed by atoms with van der Waals surface area (Å²) in [6.45, 7) is 5.00. The van der Waals surface area contributed by atoms with Crippen LogP contribution in [0.5, 0.6) is 5.75 Å². The molecule has 0 unspecified atom stereocenters. The molecule has 0 aromatic heterocycles. The van der Waals surface area contributed by atoms with E-state index >= 15 is 0 Å². The highest BCUT2D eigenvalue weighted by Crippen LogP contribution is 2.26. The van der Waals surface area contributed by atoms with Crippen LogP contribution in [0.2, 0.25) is 0 Å². The average Bonchev–Trinajstić information content (AvgIpc) is 2.75. The minimum absolute atomic E-state index is 0.0755. The molecule has 120 valence electrons. The number of amides is 2. The fourth-order valence-electron chi connectivity index (χ4n) is 3.09. The van der Waals surface area contributed by atoms with Gasteiger partial charge in [0.15, 0.2) is 0 Å². The number of urea groups is 1. The lowest BCUT2D eigenvalue weighted by Gasteiger charge is -2.32. The normalized spacial score (nSPS) is 22.4. The summed E-state index contributed by atoms with van der Waals surface area (Å²) in [5.74, 6) is 1.44. The molecule has 0 saturated carbocycles. The predicted molar refractivity (Wildman–Crippen MR) is 86.2 cm³/mol. The maximum Gasteiger partial charge on any atom is 0.317 e. The van der Waals surface area contributed by atoms with Crippen molar-refractivity contribution in [3.63, 3.8) is 0 Å². The van der Waals surface area contributed by atoms with E-state index < -0.39 is 0 Å². The first-order valence-electron chi connectivity index (χ1n) is 8.14. The van der Waals surface area contributed by atoms with E-state index in [1.807, 2.05) is 23.1 Å². The quantitative estimate of drug-likeness (QED) is 0.902. The number of rotatable bonds is 2. The Balaban J connectivity index is 1.50. The number of piperazine rings is 1. The summed E-state index contributed by atoms with van der Waals surface area (Å²) in [5, 5.41) is 3.11. The first-order chi connectivity index (χ1) is 10.7. The van der Waals surface area contributed by atoms with E-state index in [1.165, 1.54) is 5.56 Å². The van der Waals surface area contributed by atoms with Crippen LogP contribution in [0.25, 0.3) is 0 Å². The summed E-state index contributed by atoms with van der Waals surface area (Å²) in [6, 6.07) is 8.28. The molecule has 2 amide bonds. The molecule has 1 saturated heterocycles. The molecule has 5 nitrogen and oxygen atoms in total. The van der Waals surface area contributed by atoms with Crippen molar-refractivity contribution in [3.8, 4) is 5.75 Å². The van der Waals surface area contributed by atoms with Crippen molar-refractivity contribution in [2.24, 2.45) is 5.92 Å². The molecule has 22 heavy (non-hydrogen) atoms. The van der Waals surface area contributed by atoms with Crippen molar-refractivity contribution in [2.45, 2.75) is 12.8 Å². The molecule has 1 aromatic rings. The zero-order valence-electron chi connectivity index (χ0n) is 13.3. The van der Waals surface area contributed by atoms with E-state index in [9.17, 15) is 4.79 Å². The van der Waals surface area contributed by atoms with Crippen LogP contribution < -0.4 is 10.1 Å². The fraction of sp³-hybridized carbons (Fsp3) is 0.588. The topological polar surface area (TPSA) is 44.8 Å². The second-order valence-corrected chi connectivity index (χ2v) is 6.29. The number of hydrogen-bond donors (Lipinski definition) is 1. The van der Waals surface area contributed by atoms with Gasteiger partial charge < -0.3 is 19.9 Å². The number of para-hydroxylation sites is 1. The third kappa shape index (κ3) is 3.71. The molecular formula is C17H25N3O2. The first kappa shape index (κ1) is 15.2. The summed E-state index contributed by atoms with van der Waals surface area (Å²) < 4.78 is 5.78. The number of likely N-dealkylation sites (N-methyl/N-ethyl adjacent to an activating group) is 1. The van der Waals surface area contributed by atoms with E-state index in [-0.39, 0.29) is 6.03 Å². The van der Waals surface area contributed by atoms with Crippen molar-refractivity contribution in [1.29, 1.82) is 0 Å². The van der Waals surface area contributed by atoms with E-state index in [1.54, 1.807) is 0 Å². The maximum absolute atomic E-state index is 12.2. The second-order valence-electron chi connectivity index (χ2n) is 6.29. The van der Waals surface area contributed by atoms with E-state index in [2.05, 4.69) is 23.3 Å². The Morgan fingerprint density at radius 3 is 2.86 bits per heavy atom. The highest BCUT2D eigenvalue weighted by molar-refractivity contribution is 5.74. The molecule has 3 rings (SSSR count). The number of fused-ring (bicyclic) bond motifs is 1. The SMILES string of the molecule is CN1CCN(C(=O)NC[C@@H]2CCOc3ccccc3C2)CC1. The number of ether oxygens (including phenoxy) is 1. The Kier molecular flexibility index (Phi) is 4.83. The Bertz CT molecular complexity index is 512. The van der Waals surface area contributed by atoms with Crippen LogP contribution in [0, 0.1) is 5.92 Å². The summed E-state index contributed by atoms with van der Waals surface area (Å²) in [6.07, 6.45) is 1.96. The summed E-state index contributed by atoms with van der Waals surface area (Å²) >= 11 is 0. The van der Waals surface area contributed by atoms with Crippen molar-refractivity contribution in [1.82, 2.24) is 15.1 Å². The van der Waals surface area contributed by atoms with Gasteiger partial charge in [0, 0.05) is 32.7 Å². The number of nitrogens with zero attached hydrogens (tertiary/aromatic N) is 2. The Morgan fingerprint density at radius 1 is 1.27 bits per heavy atom. The zero-order valence-corrected chi connectivity index (χ0v) is 13.3. The largest absolute Gasteiger partial charge is 0.493 e. The van der Waals surface area contributed by atoms with Crippen LogP contribution in [0.4, 0.5) is 4.79 Å². The standard InChI is InChI=1S/C17H25N3O2/c1-19-7-9-20(10-8-19)17(21)18-13-14-6-11-22-16-5-3-2-4-15(16)12-14/h2-5,14H,6-13H2,1H3,(H,18,21)/t14-/m1/s1. The number of hydrogen-bond acceptors (Lipinski definition) is 3. The van der Waals surface area contributed by atoms with Gasteiger partial charge in [-0.3, -0.25) is 0 Å². The molecule has 0 radical (unpaired) electrons. The van der Waals surface area contributed by atoms with Gasteiger partial charge in [0.25, 0.3) is 0 Å². The smallest absolute Gasteiger partial charge is 0.317 e. The monoisotopic (exact) mass is 303 g/mol. The number of carbonyl (C=O) groups excluding carboxylic acids is 1. The molecule has 0 spiro atoms.